The number of benzene rings is 1. The quantitative estimate of drug-likeness (QED) is 0.687. The van der Waals surface area contributed by atoms with Crippen molar-refractivity contribution in [3.8, 4) is 17.0 Å². The third-order valence-corrected chi connectivity index (χ3v) is 4.58. The molecule has 5 heteroatoms. The largest absolute Gasteiger partial charge is 0.493 e. The van der Waals surface area contributed by atoms with Gasteiger partial charge in [0.15, 0.2) is 11.2 Å². The molecule has 1 aromatic carbocycles. The maximum Gasteiger partial charge on any atom is 0.195 e. The van der Waals surface area contributed by atoms with Gasteiger partial charge in [-0.1, -0.05) is 12.1 Å². The number of aldehydes is 1. The van der Waals surface area contributed by atoms with Crippen LogP contribution in [-0.4, -0.2) is 22.3 Å². The number of aromatic nitrogens is 2. The van der Waals surface area contributed by atoms with Gasteiger partial charge < -0.3 is 4.74 Å². The van der Waals surface area contributed by atoms with E-state index >= 15 is 0 Å². The summed E-state index contributed by atoms with van der Waals surface area (Å²) in [5.41, 5.74) is 3.18. The van der Waals surface area contributed by atoms with Crippen LogP contribution >= 0.6 is 11.3 Å². The molecule has 0 aliphatic carbocycles. The molecule has 0 spiro atoms. The smallest absolute Gasteiger partial charge is 0.195 e. The van der Waals surface area contributed by atoms with E-state index in [2.05, 4.69) is 4.98 Å². The second-order valence-electron chi connectivity index (χ2n) is 4.75. The number of para-hydroxylation sites is 1. The Morgan fingerprint density at radius 3 is 2.81 bits per heavy atom. The molecule has 0 unspecified atom stereocenters. The van der Waals surface area contributed by atoms with Crippen LogP contribution in [-0.2, 0) is 0 Å². The fourth-order valence-corrected chi connectivity index (χ4v) is 3.40. The molecule has 108 valence electrons. The highest BCUT2D eigenvalue weighted by molar-refractivity contribution is 7.17. The fraction of sp³-hybridized carbons (Fsp3) is 0.250. The van der Waals surface area contributed by atoms with Crippen LogP contribution < -0.4 is 4.74 Å². The average Bonchev–Trinajstić information content (AvgIpc) is 2.97. The first-order valence-electron chi connectivity index (χ1n) is 6.83. The van der Waals surface area contributed by atoms with E-state index in [9.17, 15) is 4.79 Å². The number of fused-ring (bicyclic) bond motifs is 1. The minimum Gasteiger partial charge on any atom is -0.493 e. The molecule has 2 aromatic heterocycles. The van der Waals surface area contributed by atoms with Crippen LogP contribution in [0.2, 0.25) is 0 Å². The number of ether oxygens (including phenoxy) is 1. The van der Waals surface area contributed by atoms with Gasteiger partial charge in [0.2, 0.25) is 0 Å². The van der Waals surface area contributed by atoms with E-state index < -0.39 is 0 Å². The van der Waals surface area contributed by atoms with Crippen molar-refractivity contribution in [2.24, 2.45) is 0 Å². The van der Waals surface area contributed by atoms with Gasteiger partial charge in [-0.15, -0.1) is 11.3 Å². The summed E-state index contributed by atoms with van der Waals surface area (Å²) in [6, 6.07) is 7.69. The van der Waals surface area contributed by atoms with Crippen molar-refractivity contribution < 1.29 is 9.53 Å². The number of nitrogens with zero attached hydrogens (tertiary/aromatic N) is 2. The molecule has 3 rings (SSSR count). The van der Waals surface area contributed by atoms with Crippen LogP contribution in [0, 0.1) is 13.8 Å². The maximum atomic E-state index is 11.6. The third-order valence-electron chi connectivity index (χ3n) is 3.53. The highest BCUT2D eigenvalue weighted by Gasteiger charge is 2.20. The van der Waals surface area contributed by atoms with Gasteiger partial charge in [0.1, 0.15) is 17.1 Å². The number of imidazole rings is 1. The highest BCUT2D eigenvalue weighted by atomic mass is 32.1. The number of thiazole rings is 1. The summed E-state index contributed by atoms with van der Waals surface area (Å²) in [5.74, 6) is 0.753. The van der Waals surface area contributed by atoms with E-state index in [0.717, 1.165) is 28.3 Å². The second kappa shape index (κ2) is 5.33. The van der Waals surface area contributed by atoms with Gasteiger partial charge in [-0.05, 0) is 32.9 Å². The summed E-state index contributed by atoms with van der Waals surface area (Å²) in [7, 11) is 0. The molecule has 21 heavy (non-hydrogen) atoms. The molecule has 3 aromatic rings. The van der Waals surface area contributed by atoms with Gasteiger partial charge in [0, 0.05) is 16.1 Å². The van der Waals surface area contributed by atoms with E-state index in [1.807, 2.05) is 49.4 Å². The Balaban J connectivity index is 2.28. The SMILES string of the molecule is CCOc1ccccc1-c1nc2sc(C)c(C)n2c1C=O. The summed E-state index contributed by atoms with van der Waals surface area (Å²) in [4.78, 5) is 18.3. The predicted octanol–water partition coefficient (Wildman–Crippen LogP) is 3.89. The third kappa shape index (κ3) is 2.14. The van der Waals surface area contributed by atoms with Gasteiger partial charge in [0.25, 0.3) is 0 Å². The number of rotatable bonds is 4. The molecule has 0 aliphatic heterocycles. The molecule has 2 heterocycles. The summed E-state index contributed by atoms with van der Waals surface area (Å²) in [5, 5.41) is 0. The normalized spacial score (nSPS) is 11.0. The van der Waals surface area contributed by atoms with E-state index in [4.69, 9.17) is 4.74 Å². The Labute approximate surface area is 127 Å². The van der Waals surface area contributed by atoms with Crippen molar-refractivity contribution >= 4 is 22.6 Å². The highest BCUT2D eigenvalue weighted by Crippen LogP contribution is 2.34. The lowest BCUT2D eigenvalue weighted by Gasteiger charge is -2.08. The lowest BCUT2D eigenvalue weighted by molar-refractivity contribution is 0.111. The molecule has 0 fully saturated rings. The zero-order chi connectivity index (χ0) is 15.0. The van der Waals surface area contributed by atoms with Gasteiger partial charge >= 0.3 is 0 Å². The van der Waals surface area contributed by atoms with Crippen molar-refractivity contribution in [3.63, 3.8) is 0 Å². The number of hydrogen-bond acceptors (Lipinski definition) is 4. The molecular weight excluding hydrogens is 284 g/mol. The number of carbonyl (C=O) groups excluding carboxylic acids is 1. The van der Waals surface area contributed by atoms with Crippen LogP contribution in [0.4, 0.5) is 0 Å². The first kappa shape index (κ1) is 13.8. The Morgan fingerprint density at radius 2 is 2.10 bits per heavy atom. The zero-order valence-corrected chi connectivity index (χ0v) is 13.0. The number of carbonyl (C=O) groups is 1. The van der Waals surface area contributed by atoms with E-state index in [-0.39, 0.29) is 0 Å². The maximum absolute atomic E-state index is 11.6. The molecule has 0 N–H and O–H groups in total. The molecular formula is C16H16N2O2S. The van der Waals surface area contributed by atoms with Gasteiger partial charge in [0.05, 0.1) is 6.61 Å². The van der Waals surface area contributed by atoms with Crippen LogP contribution in [0.15, 0.2) is 24.3 Å². The first-order valence-corrected chi connectivity index (χ1v) is 7.64. The van der Waals surface area contributed by atoms with Crippen molar-refractivity contribution in [1.29, 1.82) is 0 Å². The van der Waals surface area contributed by atoms with E-state index in [1.54, 1.807) is 11.3 Å². The average molecular weight is 300 g/mol. The van der Waals surface area contributed by atoms with Gasteiger partial charge in [-0.3, -0.25) is 9.20 Å². The van der Waals surface area contributed by atoms with Crippen molar-refractivity contribution in [2.45, 2.75) is 20.8 Å². The molecule has 0 saturated heterocycles. The van der Waals surface area contributed by atoms with Crippen molar-refractivity contribution in [2.75, 3.05) is 6.61 Å². The number of aryl methyl sites for hydroxylation is 2. The standard InChI is InChI=1S/C16H16N2O2S/c1-4-20-14-8-6-5-7-12(14)15-13(9-19)18-10(2)11(3)21-16(18)17-15/h5-9H,4H2,1-3H3. The zero-order valence-electron chi connectivity index (χ0n) is 12.2. The monoisotopic (exact) mass is 300 g/mol. The van der Waals surface area contributed by atoms with Crippen molar-refractivity contribution in [1.82, 2.24) is 9.38 Å². The minimum absolute atomic E-state index is 0.577. The Hall–Kier alpha value is -2.14. The minimum atomic E-state index is 0.577. The summed E-state index contributed by atoms with van der Waals surface area (Å²) in [6.45, 7) is 6.56. The van der Waals surface area contributed by atoms with Crippen LogP contribution in [0.1, 0.15) is 28.0 Å². The molecule has 0 aliphatic rings. The summed E-state index contributed by atoms with van der Waals surface area (Å²) < 4.78 is 7.58. The fourth-order valence-electron chi connectivity index (χ4n) is 2.42. The molecule has 4 nitrogen and oxygen atoms in total. The topological polar surface area (TPSA) is 43.6 Å². The molecule has 0 radical (unpaired) electrons. The summed E-state index contributed by atoms with van der Waals surface area (Å²) >= 11 is 1.60. The van der Waals surface area contributed by atoms with Crippen LogP contribution in [0.5, 0.6) is 5.75 Å². The van der Waals surface area contributed by atoms with Crippen LogP contribution in [0.25, 0.3) is 16.2 Å². The van der Waals surface area contributed by atoms with Gasteiger partial charge in [-0.2, -0.15) is 0 Å². The Kier molecular flexibility index (Phi) is 3.51. The molecule has 0 bridgehead atoms. The molecule has 0 amide bonds. The van der Waals surface area contributed by atoms with Gasteiger partial charge in [-0.25, -0.2) is 4.98 Å². The predicted molar refractivity (Wildman–Crippen MR) is 84.5 cm³/mol. The second-order valence-corrected chi connectivity index (χ2v) is 5.94. The molecule has 0 saturated carbocycles. The Morgan fingerprint density at radius 1 is 1.33 bits per heavy atom. The van der Waals surface area contributed by atoms with Crippen molar-refractivity contribution in [3.05, 3.63) is 40.5 Å². The lowest BCUT2D eigenvalue weighted by atomic mass is 10.1. The Bertz CT molecular complexity index is 817. The van der Waals surface area contributed by atoms with Crippen LogP contribution in [0.3, 0.4) is 0 Å². The number of hydrogen-bond donors (Lipinski definition) is 0. The van der Waals surface area contributed by atoms with E-state index in [1.165, 1.54) is 4.88 Å². The van der Waals surface area contributed by atoms with E-state index in [0.29, 0.717) is 18.0 Å². The molecule has 0 atom stereocenters. The first-order chi connectivity index (χ1) is 10.2. The summed E-state index contributed by atoms with van der Waals surface area (Å²) in [6.07, 6.45) is 0.872. The lowest BCUT2D eigenvalue weighted by Crippen LogP contribution is -1.97.